The van der Waals surface area contributed by atoms with E-state index in [0.29, 0.717) is 17.9 Å². The first kappa shape index (κ1) is 20.8. The maximum atomic E-state index is 13.1. The number of fused-ring (bicyclic) bond motifs is 1. The molecule has 0 N–H and O–H groups in total. The number of benzene rings is 1. The average Bonchev–Trinajstić information content (AvgIpc) is 3.44. The van der Waals surface area contributed by atoms with Crippen LogP contribution in [0.3, 0.4) is 0 Å². The maximum absolute atomic E-state index is 13.1. The fourth-order valence-corrected chi connectivity index (χ4v) is 6.26. The van der Waals surface area contributed by atoms with E-state index in [1.807, 2.05) is 0 Å². The predicted molar refractivity (Wildman–Crippen MR) is 120 cm³/mol. The van der Waals surface area contributed by atoms with Crippen molar-refractivity contribution < 1.29 is 14.0 Å². The zero-order valence-corrected chi connectivity index (χ0v) is 18.5. The van der Waals surface area contributed by atoms with Gasteiger partial charge in [0.1, 0.15) is 5.82 Å². The van der Waals surface area contributed by atoms with Crippen LogP contribution in [0.1, 0.15) is 57.8 Å². The molecule has 2 aliphatic heterocycles. The minimum absolute atomic E-state index is 0.00265. The second-order valence-corrected chi connectivity index (χ2v) is 10.1. The van der Waals surface area contributed by atoms with E-state index in [4.69, 9.17) is 4.98 Å². The number of Topliss-reactive ketones (excluding diaryl/α,β-unsaturated/α-hetero) is 2. The van der Waals surface area contributed by atoms with Gasteiger partial charge in [0.2, 0.25) is 0 Å². The lowest BCUT2D eigenvalue weighted by Gasteiger charge is -2.34. The lowest BCUT2D eigenvalue weighted by atomic mass is 9.86. The molecule has 164 valence electrons. The van der Waals surface area contributed by atoms with Crippen LogP contribution in [-0.2, 0) is 6.42 Å². The zero-order valence-electron chi connectivity index (χ0n) is 17.7. The van der Waals surface area contributed by atoms with Crippen molar-refractivity contribution in [2.24, 2.45) is 11.8 Å². The summed E-state index contributed by atoms with van der Waals surface area (Å²) < 4.78 is 13.1. The zero-order chi connectivity index (χ0) is 21.4. The molecule has 3 heterocycles. The Morgan fingerprint density at radius 3 is 2.48 bits per heavy atom. The van der Waals surface area contributed by atoms with Crippen LogP contribution in [0.25, 0.3) is 0 Å². The van der Waals surface area contributed by atoms with Crippen molar-refractivity contribution in [2.45, 2.75) is 38.5 Å². The van der Waals surface area contributed by atoms with Crippen LogP contribution in [0.5, 0.6) is 0 Å². The Kier molecular flexibility index (Phi) is 5.89. The molecule has 1 aromatic carbocycles. The molecule has 7 heteroatoms. The fourth-order valence-electron chi connectivity index (χ4n) is 5.16. The van der Waals surface area contributed by atoms with Crippen LogP contribution in [-0.4, -0.2) is 54.2 Å². The van der Waals surface area contributed by atoms with E-state index in [2.05, 4.69) is 9.80 Å². The molecular weight excluding hydrogens is 413 g/mol. The van der Waals surface area contributed by atoms with E-state index in [-0.39, 0.29) is 23.3 Å². The normalized spacial score (nSPS) is 22.7. The summed E-state index contributed by atoms with van der Waals surface area (Å²) in [5.74, 6) is 0.356. The molecule has 0 bridgehead atoms. The Morgan fingerprint density at radius 2 is 1.77 bits per heavy atom. The van der Waals surface area contributed by atoms with Gasteiger partial charge in [-0.05, 0) is 75.4 Å². The number of thiazole rings is 1. The number of halogens is 1. The summed E-state index contributed by atoms with van der Waals surface area (Å²) in [7, 11) is 0. The third-order valence-corrected chi connectivity index (χ3v) is 8.07. The number of rotatable bonds is 5. The van der Waals surface area contributed by atoms with Crippen molar-refractivity contribution in [1.29, 1.82) is 0 Å². The number of aromatic nitrogens is 1. The van der Waals surface area contributed by atoms with Crippen molar-refractivity contribution in [3.05, 3.63) is 46.2 Å². The number of likely N-dealkylation sites (tertiary alicyclic amines) is 1. The molecule has 1 unspecified atom stereocenters. The van der Waals surface area contributed by atoms with Gasteiger partial charge in [0.05, 0.1) is 10.6 Å². The molecule has 0 spiro atoms. The van der Waals surface area contributed by atoms with Crippen molar-refractivity contribution in [1.82, 2.24) is 9.88 Å². The van der Waals surface area contributed by atoms with Gasteiger partial charge in [0.15, 0.2) is 16.7 Å². The molecule has 2 saturated heterocycles. The standard InChI is InChI=1S/C24H28FN3O2S/c25-19-5-3-17(4-6-19)22(30)18-7-11-27(12-8-18)15-16-13-20-23(21(29)14-16)31-24(26-20)28-9-1-2-10-28/h3-6,16,18H,1-2,7-15H2. The molecular formula is C24H28FN3O2S. The van der Waals surface area contributed by atoms with Crippen LogP contribution in [0.4, 0.5) is 9.52 Å². The summed E-state index contributed by atoms with van der Waals surface area (Å²) in [6.07, 6.45) is 5.53. The number of nitrogens with zero attached hydrogens (tertiary/aromatic N) is 3. The second-order valence-electron chi connectivity index (χ2n) is 9.11. The largest absolute Gasteiger partial charge is 0.348 e. The van der Waals surface area contributed by atoms with Crippen molar-refractivity contribution in [3.8, 4) is 0 Å². The molecule has 2 fully saturated rings. The first-order valence-electron chi connectivity index (χ1n) is 11.4. The van der Waals surface area contributed by atoms with E-state index >= 15 is 0 Å². The van der Waals surface area contributed by atoms with Gasteiger partial charge >= 0.3 is 0 Å². The number of carbonyl (C=O) groups excluding carboxylic acids is 2. The van der Waals surface area contributed by atoms with Crippen molar-refractivity contribution in [2.75, 3.05) is 37.6 Å². The number of hydrogen-bond acceptors (Lipinski definition) is 6. The molecule has 1 atom stereocenters. The summed E-state index contributed by atoms with van der Waals surface area (Å²) in [6.45, 7) is 4.72. The fraction of sp³-hybridized carbons (Fsp3) is 0.542. The van der Waals surface area contributed by atoms with Gasteiger partial charge in [0.25, 0.3) is 0 Å². The number of ketones is 2. The molecule has 1 aliphatic carbocycles. The Hall–Kier alpha value is -2.12. The minimum atomic E-state index is -0.316. The number of hydrogen-bond donors (Lipinski definition) is 0. The Morgan fingerprint density at radius 1 is 1.06 bits per heavy atom. The molecule has 3 aliphatic rings. The van der Waals surface area contributed by atoms with Crippen LogP contribution < -0.4 is 4.90 Å². The number of anilines is 1. The second kappa shape index (κ2) is 8.79. The highest BCUT2D eigenvalue weighted by Crippen LogP contribution is 2.35. The highest BCUT2D eigenvalue weighted by molar-refractivity contribution is 7.17. The van der Waals surface area contributed by atoms with E-state index < -0.39 is 0 Å². The van der Waals surface area contributed by atoms with Crippen molar-refractivity contribution in [3.63, 3.8) is 0 Å². The Labute approximate surface area is 186 Å². The topological polar surface area (TPSA) is 53.5 Å². The lowest BCUT2D eigenvalue weighted by Crippen LogP contribution is -2.40. The first-order chi connectivity index (χ1) is 15.1. The molecule has 5 nitrogen and oxygen atoms in total. The quantitative estimate of drug-likeness (QED) is 0.650. The Bertz CT molecular complexity index is 960. The molecule has 2 aromatic rings. The van der Waals surface area contributed by atoms with Crippen LogP contribution >= 0.6 is 11.3 Å². The van der Waals surface area contributed by atoms with Gasteiger partial charge in [-0.3, -0.25) is 9.59 Å². The maximum Gasteiger partial charge on any atom is 0.186 e. The van der Waals surface area contributed by atoms with E-state index in [1.54, 1.807) is 23.5 Å². The lowest BCUT2D eigenvalue weighted by molar-refractivity contribution is 0.0813. The number of piperidine rings is 1. The SMILES string of the molecule is O=C1CC(CN2CCC(C(=O)c3ccc(F)cc3)CC2)Cc2nc(N3CCCC3)sc21. The van der Waals surface area contributed by atoms with Crippen LogP contribution in [0.2, 0.25) is 0 Å². The predicted octanol–water partition coefficient (Wildman–Crippen LogP) is 4.22. The molecule has 31 heavy (non-hydrogen) atoms. The van der Waals surface area contributed by atoms with Gasteiger partial charge in [-0.1, -0.05) is 11.3 Å². The van der Waals surface area contributed by atoms with E-state index in [0.717, 1.165) is 67.7 Å². The summed E-state index contributed by atoms with van der Waals surface area (Å²) in [4.78, 5) is 35.9. The van der Waals surface area contributed by atoms with Crippen LogP contribution in [0, 0.1) is 17.7 Å². The van der Waals surface area contributed by atoms with Gasteiger partial charge < -0.3 is 9.80 Å². The van der Waals surface area contributed by atoms with Gasteiger partial charge in [-0.15, -0.1) is 0 Å². The van der Waals surface area contributed by atoms with E-state index in [1.165, 1.54) is 25.0 Å². The third-order valence-electron chi connectivity index (χ3n) is 6.88. The smallest absolute Gasteiger partial charge is 0.186 e. The average molecular weight is 442 g/mol. The van der Waals surface area contributed by atoms with E-state index in [9.17, 15) is 14.0 Å². The van der Waals surface area contributed by atoms with Crippen LogP contribution in [0.15, 0.2) is 24.3 Å². The molecule has 0 saturated carbocycles. The summed E-state index contributed by atoms with van der Waals surface area (Å²) in [5, 5.41) is 1.02. The molecule has 0 amide bonds. The van der Waals surface area contributed by atoms with Gasteiger partial charge in [-0.2, -0.15) is 0 Å². The molecule has 1 aromatic heterocycles. The van der Waals surface area contributed by atoms with Gasteiger partial charge in [-0.25, -0.2) is 9.37 Å². The summed E-state index contributed by atoms with van der Waals surface area (Å²) in [6, 6.07) is 5.87. The minimum Gasteiger partial charge on any atom is -0.348 e. The summed E-state index contributed by atoms with van der Waals surface area (Å²) >= 11 is 1.58. The Balaban J connectivity index is 1.16. The molecule has 0 radical (unpaired) electrons. The van der Waals surface area contributed by atoms with Gasteiger partial charge in [0, 0.05) is 37.5 Å². The monoisotopic (exact) mass is 441 g/mol. The highest BCUT2D eigenvalue weighted by atomic mass is 32.1. The third kappa shape index (κ3) is 4.44. The highest BCUT2D eigenvalue weighted by Gasteiger charge is 2.33. The first-order valence-corrected chi connectivity index (χ1v) is 12.2. The number of carbonyl (C=O) groups is 2. The van der Waals surface area contributed by atoms with Crippen molar-refractivity contribution >= 4 is 28.0 Å². The summed E-state index contributed by atoms with van der Waals surface area (Å²) in [5.41, 5.74) is 1.59. The molecule has 5 rings (SSSR count).